The molecular weight excluding hydrogens is 389 g/mol. The van der Waals surface area contributed by atoms with Crippen LogP contribution in [0.4, 0.5) is 15.9 Å². The molecule has 3 rings (SSSR count). The molecule has 1 aliphatic heterocycles. The van der Waals surface area contributed by atoms with E-state index in [0.717, 1.165) is 9.96 Å². The zero-order chi connectivity index (χ0) is 19.6. The number of thioether (sulfide) groups is 1. The van der Waals surface area contributed by atoms with Crippen LogP contribution in [0.3, 0.4) is 0 Å². The van der Waals surface area contributed by atoms with Crippen molar-refractivity contribution in [3.05, 3.63) is 51.6 Å². The van der Waals surface area contributed by atoms with E-state index in [9.17, 15) is 14.0 Å². The van der Waals surface area contributed by atoms with Crippen LogP contribution in [0, 0.1) is 5.82 Å². The minimum absolute atomic E-state index is 0. The summed E-state index contributed by atoms with van der Waals surface area (Å²) >= 11 is 1.41. The summed E-state index contributed by atoms with van der Waals surface area (Å²) in [5, 5.41) is 13.0. The summed E-state index contributed by atoms with van der Waals surface area (Å²) in [5.74, 6) is -0.719. The van der Waals surface area contributed by atoms with Crippen molar-refractivity contribution >= 4 is 29.2 Å². The highest BCUT2D eigenvalue weighted by Gasteiger charge is 2.30. The molecule has 28 heavy (non-hydrogen) atoms. The first-order chi connectivity index (χ1) is 13.0. The van der Waals surface area contributed by atoms with Gasteiger partial charge in [0.2, 0.25) is 0 Å². The molecule has 0 radical (unpaired) electrons. The van der Waals surface area contributed by atoms with Crippen LogP contribution in [0.25, 0.3) is 0 Å². The molecule has 0 spiro atoms. The number of halogens is 1. The lowest BCUT2D eigenvalue weighted by molar-refractivity contribution is -0.132. The van der Waals surface area contributed by atoms with Gasteiger partial charge in [-0.25, -0.2) is 9.45 Å². The number of amides is 1. The van der Waals surface area contributed by atoms with Crippen LogP contribution >= 0.6 is 11.8 Å². The van der Waals surface area contributed by atoms with Gasteiger partial charge in [-0.15, -0.1) is 11.8 Å². The molecule has 10 heteroatoms. The Labute approximate surface area is 165 Å². The summed E-state index contributed by atoms with van der Waals surface area (Å²) < 4.78 is 15.7. The molecule has 8 nitrogen and oxygen atoms in total. The number of aliphatic hydroxyl groups excluding tert-OH is 1. The monoisotopic (exact) mass is 411 g/mol. The second-order valence-corrected chi connectivity index (χ2v) is 6.85. The number of pyridine rings is 1. The van der Waals surface area contributed by atoms with E-state index in [-0.39, 0.29) is 47.9 Å². The van der Waals surface area contributed by atoms with Crippen molar-refractivity contribution in [3.8, 4) is 0 Å². The lowest BCUT2D eigenvalue weighted by atomic mass is 10.0. The van der Waals surface area contributed by atoms with Crippen molar-refractivity contribution < 1.29 is 24.6 Å². The van der Waals surface area contributed by atoms with Gasteiger partial charge in [0.05, 0.1) is 31.0 Å². The first kappa shape index (κ1) is 21.9. The fraction of sp³-hybridized carbons (Fsp3) is 0.333. The summed E-state index contributed by atoms with van der Waals surface area (Å²) in [6.45, 7) is 0.0393. The fourth-order valence-corrected chi connectivity index (χ4v) is 3.33. The molecule has 1 aromatic heterocycles. The first-order valence-electron chi connectivity index (χ1n) is 8.35. The second-order valence-electron chi connectivity index (χ2n) is 5.98. The minimum Gasteiger partial charge on any atom is -0.412 e. The van der Waals surface area contributed by atoms with Crippen LogP contribution in [0.5, 0.6) is 0 Å². The summed E-state index contributed by atoms with van der Waals surface area (Å²) in [6.07, 6.45) is 2.27. The summed E-state index contributed by atoms with van der Waals surface area (Å²) in [5.41, 5.74) is 0.706. The molecule has 152 valence electrons. The van der Waals surface area contributed by atoms with Gasteiger partial charge in [0, 0.05) is 18.0 Å². The smallest absolute Gasteiger partial charge is 0.281 e. The van der Waals surface area contributed by atoms with Gasteiger partial charge in [0.15, 0.2) is 0 Å². The molecule has 0 fully saturated rings. The largest absolute Gasteiger partial charge is 0.412 e. The van der Waals surface area contributed by atoms with E-state index >= 15 is 0 Å². The molecule has 4 N–H and O–H groups in total. The minimum atomic E-state index is -0.483. The highest BCUT2D eigenvalue weighted by Crippen LogP contribution is 2.29. The van der Waals surface area contributed by atoms with Gasteiger partial charge >= 0.3 is 0 Å². The van der Waals surface area contributed by atoms with Crippen LogP contribution in [-0.4, -0.2) is 52.1 Å². The van der Waals surface area contributed by atoms with E-state index < -0.39 is 11.7 Å². The number of carbonyl (C=O) groups is 1. The highest BCUT2D eigenvalue weighted by molar-refractivity contribution is 7.98. The van der Waals surface area contributed by atoms with E-state index in [1.54, 1.807) is 12.1 Å². The maximum atomic E-state index is 14.4. The second kappa shape index (κ2) is 9.20. The number of rotatable bonds is 6. The molecular formula is C18H22FN3O5S. The number of anilines is 2. The van der Waals surface area contributed by atoms with Gasteiger partial charge in [0.25, 0.3) is 11.5 Å². The topological polar surface area (TPSA) is 115 Å². The number of hydroxylamine groups is 2. The summed E-state index contributed by atoms with van der Waals surface area (Å²) in [6, 6.07) is 6.12. The summed E-state index contributed by atoms with van der Waals surface area (Å²) in [4.78, 5) is 31.2. The quantitative estimate of drug-likeness (QED) is 0.688. The van der Waals surface area contributed by atoms with Crippen molar-refractivity contribution in [1.29, 1.82) is 0 Å². The lowest BCUT2D eigenvalue weighted by Crippen LogP contribution is -2.40. The van der Waals surface area contributed by atoms with Crippen LogP contribution in [0.1, 0.15) is 15.9 Å². The van der Waals surface area contributed by atoms with Gasteiger partial charge in [-0.2, -0.15) is 0 Å². The highest BCUT2D eigenvalue weighted by atomic mass is 32.2. The van der Waals surface area contributed by atoms with Crippen molar-refractivity contribution in [2.75, 3.05) is 31.3 Å². The average Bonchev–Trinajstić information content (AvgIpc) is 2.66. The fourth-order valence-electron chi connectivity index (χ4n) is 2.90. The Morgan fingerprint density at radius 3 is 2.71 bits per heavy atom. The number of fused-ring (bicyclic) bond motifs is 1. The molecule has 0 saturated carbocycles. The van der Waals surface area contributed by atoms with Crippen molar-refractivity contribution in [2.45, 2.75) is 11.3 Å². The number of nitrogens with one attached hydrogen (secondary N) is 1. The average molecular weight is 411 g/mol. The Morgan fingerprint density at radius 1 is 1.32 bits per heavy atom. The maximum absolute atomic E-state index is 14.4. The number of hydrogen-bond acceptors (Lipinski definition) is 6. The third-order valence-corrected chi connectivity index (χ3v) is 5.04. The molecule has 2 aromatic rings. The third-order valence-electron chi connectivity index (χ3n) is 4.31. The first-order valence-corrected chi connectivity index (χ1v) is 9.58. The van der Waals surface area contributed by atoms with Gasteiger partial charge in [-0.3, -0.25) is 19.0 Å². The van der Waals surface area contributed by atoms with Gasteiger partial charge in [-0.05, 0) is 36.4 Å². The van der Waals surface area contributed by atoms with Crippen LogP contribution in [0.2, 0.25) is 0 Å². The van der Waals surface area contributed by atoms with Gasteiger partial charge in [-0.1, -0.05) is 0 Å². The number of nitrogens with zero attached hydrogens (tertiary/aromatic N) is 2. The number of aliphatic hydroxyl groups is 1. The number of benzene rings is 1. The molecule has 2 heterocycles. The Kier molecular flexibility index (Phi) is 7.19. The van der Waals surface area contributed by atoms with Crippen molar-refractivity contribution in [2.24, 2.45) is 7.05 Å². The van der Waals surface area contributed by atoms with Crippen molar-refractivity contribution in [1.82, 2.24) is 9.63 Å². The normalized spacial score (nSPS) is 13.1. The van der Waals surface area contributed by atoms with Crippen molar-refractivity contribution in [3.63, 3.8) is 0 Å². The number of aromatic nitrogens is 1. The zero-order valence-corrected chi connectivity index (χ0v) is 16.3. The van der Waals surface area contributed by atoms with Crippen LogP contribution in [-0.2, 0) is 18.3 Å². The predicted octanol–water partition coefficient (Wildman–Crippen LogP) is 1.09. The van der Waals surface area contributed by atoms with E-state index in [2.05, 4.69) is 5.32 Å². The summed E-state index contributed by atoms with van der Waals surface area (Å²) in [7, 11) is 1.51. The third kappa shape index (κ3) is 4.20. The molecule has 0 atom stereocenters. The lowest BCUT2D eigenvalue weighted by Gasteiger charge is -2.29. The van der Waals surface area contributed by atoms with Crippen LogP contribution in [0.15, 0.2) is 34.0 Å². The maximum Gasteiger partial charge on any atom is 0.281 e. The Morgan fingerprint density at radius 2 is 2.07 bits per heavy atom. The standard InChI is InChI=1S/C18H20FN3O4S.H2O/c1-21-15(24)9-11-5-6-22(26-8-7-23)18(25)16(11)17(21)20-14-4-3-12(27-2)10-13(14)19;/h3-4,9-10,20,23H,5-8H2,1-2H3;1H2. The van der Waals surface area contributed by atoms with E-state index in [0.29, 0.717) is 12.0 Å². The predicted molar refractivity (Wildman–Crippen MR) is 105 cm³/mol. The number of hydrogen-bond donors (Lipinski definition) is 2. The molecule has 0 saturated heterocycles. The molecule has 0 unspecified atom stereocenters. The van der Waals surface area contributed by atoms with Crippen LogP contribution < -0.4 is 10.9 Å². The van der Waals surface area contributed by atoms with Gasteiger partial charge in [0.1, 0.15) is 11.6 Å². The number of carbonyl (C=O) groups excluding carboxylic acids is 1. The Hall–Kier alpha value is -2.40. The molecule has 0 aliphatic carbocycles. The molecule has 1 aliphatic rings. The molecule has 1 amide bonds. The molecule has 1 aromatic carbocycles. The van der Waals surface area contributed by atoms with E-state index in [1.165, 1.54) is 35.5 Å². The van der Waals surface area contributed by atoms with Gasteiger partial charge < -0.3 is 15.9 Å². The Balaban J connectivity index is 0.00000280. The molecule has 0 bridgehead atoms. The van der Waals surface area contributed by atoms with E-state index in [1.807, 2.05) is 6.26 Å². The zero-order valence-electron chi connectivity index (χ0n) is 15.5. The SMILES string of the molecule is CSc1ccc(Nc2c3c(cc(=O)n2C)CCN(OCCO)C3=O)c(F)c1.O. The Bertz CT molecular complexity index is 934. The van der Waals surface area contributed by atoms with E-state index in [4.69, 9.17) is 9.94 Å².